The molecule has 0 aliphatic carbocycles. The lowest BCUT2D eigenvalue weighted by atomic mass is 10.0. The van der Waals surface area contributed by atoms with E-state index in [0.29, 0.717) is 12.8 Å². The van der Waals surface area contributed by atoms with Crippen LogP contribution in [-0.2, 0) is 23.9 Å². The lowest BCUT2D eigenvalue weighted by molar-refractivity contribution is -0.150. The van der Waals surface area contributed by atoms with E-state index in [1.54, 1.807) is 0 Å². The van der Waals surface area contributed by atoms with Gasteiger partial charge in [0.05, 0.1) is 13.2 Å². The molecule has 308 valence electrons. The van der Waals surface area contributed by atoms with Gasteiger partial charge in [-0.1, -0.05) is 154 Å². The molecule has 4 N–H and O–H groups in total. The summed E-state index contributed by atoms with van der Waals surface area (Å²) in [5.74, 6) is -2.32. The predicted octanol–water partition coefficient (Wildman–Crippen LogP) is 10.4. The molecule has 0 aliphatic heterocycles. The van der Waals surface area contributed by atoms with Crippen LogP contribution in [0.1, 0.15) is 206 Å². The summed E-state index contributed by atoms with van der Waals surface area (Å²) < 4.78 is 6.00. The van der Waals surface area contributed by atoms with Crippen molar-refractivity contribution in [2.45, 2.75) is 219 Å². The Hall–Kier alpha value is -2.68. The Kier molecular flexibility index (Phi) is 37.1. The molecule has 9 nitrogen and oxygen atoms in total. The Balaban J connectivity index is 4.33. The van der Waals surface area contributed by atoms with Gasteiger partial charge in [0.1, 0.15) is 12.1 Å². The van der Waals surface area contributed by atoms with Crippen molar-refractivity contribution < 1.29 is 34.1 Å². The SMILES string of the molecule is CCCCC/C=C\C/C=C\CCCC(CCCCCCCC(=O)NCC(=O)NC(CO)C(=O)O)OC(=O)CCCCCCCCCCCCCCCC. The van der Waals surface area contributed by atoms with Gasteiger partial charge in [0.25, 0.3) is 0 Å². The van der Waals surface area contributed by atoms with Crippen molar-refractivity contribution in [2.75, 3.05) is 13.2 Å². The number of hydrogen-bond donors (Lipinski definition) is 4. The maximum Gasteiger partial charge on any atom is 0.328 e. The first kappa shape index (κ1) is 50.3. The van der Waals surface area contributed by atoms with E-state index >= 15 is 0 Å². The Morgan fingerprint density at radius 2 is 1.04 bits per heavy atom. The topological polar surface area (TPSA) is 142 Å². The molecule has 0 rings (SSSR count). The molecular weight excluding hydrogens is 668 g/mol. The van der Waals surface area contributed by atoms with E-state index in [4.69, 9.17) is 14.9 Å². The highest BCUT2D eigenvalue weighted by Gasteiger charge is 2.19. The van der Waals surface area contributed by atoms with Crippen LogP contribution in [0, 0.1) is 0 Å². The molecule has 0 aromatic heterocycles. The fourth-order valence-electron chi connectivity index (χ4n) is 6.34. The number of rotatable bonds is 39. The summed E-state index contributed by atoms with van der Waals surface area (Å²) in [5, 5.41) is 22.5. The van der Waals surface area contributed by atoms with Crippen LogP contribution in [0.2, 0.25) is 0 Å². The van der Waals surface area contributed by atoms with Gasteiger partial charge in [0, 0.05) is 12.8 Å². The summed E-state index contributed by atoms with van der Waals surface area (Å²) in [6.07, 6.45) is 42.0. The lowest BCUT2D eigenvalue weighted by Crippen LogP contribution is -2.47. The van der Waals surface area contributed by atoms with Gasteiger partial charge in [-0.3, -0.25) is 14.4 Å². The van der Waals surface area contributed by atoms with Crippen molar-refractivity contribution in [3.8, 4) is 0 Å². The summed E-state index contributed by atoms with van der Waals surface area (Å²) in [6, 6.07) is -1.38. The van der Waals surface area contributed by atoms with Crippen molar-refractivity contribution in [3.05, 3.63) is 24.3 Å². The summed E-state index contributed by atoms with van der Waals surface area (Å²) in [4.78, 5) is 47.5. The zero-order valence-electron chi connectivity index (χ0n) is 34.0. The molecule has 2 atom stereocenters. The fourth-order valence-corrected chi connectivity index (χ4v) is 6.34. The molecule has 9 heteroatoms. The zero-order chi connectivity index (χ0) is 39.0. The van der Waals surface area contributed by atoms with Crippen LogP contribution < -0.4 is 10.6 Å². The highest BCUT2D eigenvalue weighted by atomic mass is 16.5. The third-order valence-corrected chi connectivity index (χ3v) is 9.70. The Bertz CT molecular complexity index is 952. The highest BCUT2D eigenvalue weighted by molar-refractivity contribution is 5.87. The monoisotopic (exact) mass is 749 g/mol. The molecule has 0 heterocycles. The number of allylic oxidation sites excluding steroid dienone is 4. The first-order valence-electron chi connectivity index (χ1n) is 21.7. The number of unbranched alkanes of at least 4 members (excludes halogenated alkanes) is 21. The van der Waals surface area contributed by atoms with Gasteiger partial charge < -0.3 is 25.6 Å². The first-order chi connectivity index (χ1) is 25.8. The normalized spacial score (nSPS) is 12.7. The Morgan fingerprint density at radius 3 is 1.58 bits per heavy atom. The van der Waals surface area contributed by atoms with Crippen molar-refractivity contribution in [2.24, 2.45) is 0 Å². The average molecular weight is 749 g/mol. The van der Waals surface area contributed by atoms with Crippen molar-refractivity contribution in [3.63, 3.8) is 0 Å². The lowest BCUT2D eigenvalue weighted by Gasteiger charge is -2.18. The van der Waals surface area contributed by atoms with E-state index in [9.17, 15) is 19.2 Å². The van der Waals surface area contributed by atoms with Crippen LogP contribution in [0.4, 0.5) is 0 Å². The van der Waals surface area contributed by atoms with E-state index in [2.05, 4.69) is 48.8 Å². The predicted molar refractivity (Wildman–Crippen MR) is 218 cm³/mol. The van der Waals surface area contributed by atoms with Crippen LogP contribution in [0.5, 0.6) is 0 Å². The van der Waals surface area contributed by atoms with Gasteiger partial charge in [0.2, 0.25) is 11.8 Å². The molecular formula is C44H80N2O7. The molecule has 53 heavy (non-hydrogen) atoms. The minimum Gasteiger partial charge on any atom is -0.480 e. The smallest absolute Gasteiger partial charge is 0.328 e. The molecule has 0 aromatic rings. The maximum atomic E-state index is 12.8. The number of esters is 1. The minimum absolute atomic E-state index is 0.0514. The second kappa shape index (κ2) is 39.0. The van der Waals surface area contributed by atoms with E-state index in [0.717, 1.165) is 77.0 Å². The summed E-state index contributed by atoms with van der Waals surface area (Å²) >= 11 is 0. The number of carboxylic acids is 1. The molecule has 0 bridgehead atoms. The molecule has 0 fully saturated rings. The van der Waals surface area contributed by atoms with Gasteiger partial charge in [-0.2, -0.15) is 0 Å². The molecule has 0 spiro atoms. The number of carboxylic acid groups (broad SMARTS) is 1. The largest absolute Gasteiger partial charge is 0.480 e. The summed E-state index contributed by atoms with van der Waals surface area (Å²) in [7, 11) is 0. The second-order valence-electron chi connectivity index (χ2n) is 14.8. The van der Waals surface area contributed by atoms with Crippen LogP contribution in [0.3, 0.4) is 0 Å². The molecule has 0 saturated carbocycles. The second-order valence-corrected chi connectivity index (χ2v) is 14.8. The third kappa shape index (κ3) is 36.1. The van der Waals surface area contributed by atoms with E-state index in [1.807, 2.05) is 0 Å². The number of carbonyl (C=O) groups excluding carboxylic acids is 3. The molecule has 0 aliphatic rings. The van der Waals surface area contributed by atoms with Crippen LogP contribution in [-0.4, -0.2) is 59.3 Å². The van der Waals surface area contributed by atoms with Crippen molar-refractivity contribution >= 4 is 23.8 Å². The zero-order valence-corrected chi connectivity index (χ0v) is 34.0. The van der Waals surface area contributed by atoms with Crippen LogP contribution in [0.15, 0.2) is 24.3 Å². The summed E-state index contributed by atoms with van der Waals surface area (Å²) in [5.41, 5.74) is 0. The quantitative estimate of drug-likeness (QED) is 0.0278. The third-order valence-electron chi connectivity index (χ3n) is 9.70. The van der Waals surface area contributed by atoms with Crippen LogP contribution in [0.25, 0.3) is 0 Å². The molecule has 0 aromatic carbocycles. The fraction of sp³-hybridized carbons (Fsp3) is 0.818. The molecule has 0 radical (unpaired) electrons. The van der Waals surface area contributed by atoms with Gasteiger partial charge in [-0.15, -0.1) is 0 Å². The van der Waals surface area contributed by atoms with Gasteiger partial charge in [-0.05, 0) is 64.2 Å². The standard InChI is InChI=1S/C44H80N2O7/c1-3-5-7-9-11-13-15-16-17-19-21-23-28-32-36-43(50)53-39(33-29-25-22-20-18-14-12-10-8-6-4-2)34-30-26-24-27-31-35-41(48)45-37-42(49)46-40(38-47)44(51)52/h12,14,20,22,39-40,47H,3-11,13,15-19,21,23-38H2,1-2H3,(H,45,48)(H,46,49)(H,51,52)/b14-12-,22-20-. The van der Waals surface area contributed by atoms with Gasteiger partial charge in [-0.25, -0.2) is 4.79 Å². The van der Waals surface area contributed by atoms with Gasteiger partial charge >= 0.3 is 11.9 Å². The number of aliphatic carboxylic acids is 1. The Labute approximate surface area is 324 Å². The van der Waals surface area contributed by atoms with E-state index < -0.39 is 24.5 Å². The van der Waals surface area contributed by atoms with E-state index in [-0.39, 0.29) is 30.9 Å². The number of aliphatic hydroxyl groups excluding tert-OH is 1. The Morgan fingerprint density at radius 1 is 0.566 bits per heavy atom. The molecule has 2 unspecified atom stereocenters. The summed E-state index contributed by atoms with van der Waals surface area (Å²) in [6.45, 7) is 3.45. The number of carbonyl (C=O) groups is 4. The van der Waals surface area contributed by atoms with Crippen molar-refractivity contribution in [1.29, 1.82) is 0 Å². The van der Waals surface area contributed by atoms with Gasteiger partial charge in [0.15, 0.2) is 0 Å². The number of nitrogens with one attached hydrogen (secondary N) is 2. The van der Waals surface area contributed by atoms with Crippen LogP contribution >= 0.6 is 0 Å². The van der Waals surface area contributed by atoms with Crippen molar-refractivity contribution in [1.82, 2.24) is 10.6 Å². The molecule has 2 amide bonds. The number of ether oxygens (including phenoxy) is 1. The minimum atomic E-state index is -1.38. The maximum absolute atomic E-state index is 12.8. The first-order valence-corrected chi connectivity index (χ1v) is 21.7. The number of hydrogen-bond acceptors (Lipinski definition) is 6. The van der Waals surface area contributed by atoms with E-state index in [1.165, 1.54) is 96.3 Å². The number of amides is 2. The average Bonchev–Trinajstić information content (AvgIpc) is 3.14. The highest BCUT2D eigenvalue weighted by Crippen LogP contribution is 2.18. The molecule has 0 saturated heterocycles. The number of aliphatic hydroxyl groups is 1.